The van der Waals surface area contributed by atoms with Crippen LogP contribution in [0.5, 0.6) is 0 Å². The molecule has 0 bridgehead atoms. The number of nitrogens with two attached hydrogens (primary N) is 1. The molecule has 0 atom stereocenters. The van der Waals surface area contributed by atoms with Gasteiger partial charge >= 0.3 is 5.97 Å². The van der Waals surface area contributed by atoms with Crippen LogP contribution in [0.25, 0.3) is 0 Å². The predicted octanol–water partition coefficient (Wildman–Crippen LogP) is -0.526. The average Bonchev–Trinajstić information content (AvgIpc) is 1.80. The molecule has 0 aliphatic heterocycles. The quantitative estimate of drug-likeness (QED) is 0.613. The van der Waals surface area contributed by atoms with Crippen LogP contribution in [-0.4, -0.2) is 27.2 Å². The molecule has 5 nitrogen and oxygen atoms in total. The van der Waals surface area contributed by atoms with Gasteiger partial charge in [0, 0.05) is 0 Å². The van der Waals surface area contributed by atoms with E-state index in [1.807, 2.05) is 0 Å². The first kappa shape index (κ1) is 11.4. The van der Waals surface area contributed by atoms with Crippen LogP contribution < -0.4 is 5.14 Å². The van der Waals surface area contributed by atoms with Gasteiger partial charge in [0.1, 0.15) is 0 Å². The molecular formula is C6H13NO4S. The van der Waals surface area contributed by atoms with E-state index in [4.69, 9.17) is 5.14 Å². The van der Waals surface area contributed by atoms with Crippen LogP contribution in [0.1, 0.15) is 13.8 Å². The molecule has 0 aromatic heterocycles. The molecule has 0 aliphatic rings. The van der Waals surface area contributed by atoms with Crippen molar-refractivity contribution in [1.29, 1.82) is 0 Å². The summed E-state index contributed by atoms with van der Waals surface area (Å²) in [5.41, 5.74) is -1.08. The van der Waals surface area contributed by atoms with Gasteiger partial charge in [0.2, 0.25) is 10.0 Å². The van der Waals surface area contributed by atoms with Gasteiger partial charge in [-0.25, -0.2) is 13.6 Å². The molecule has 0 unspecified atom stereocenters. The van der Waals surface area contributed by atoms with Crippen molar-refractivity contribution in [2.75, 3.05) is 12.9 Å². The van der Waals surface area contributed by atoms with Gasteiger partial charge in [-0.3, -0.25) is 4.79 Å². The van der Waals surface area contributed by atoms with Crippen molar-refractivity contribution in [1.82, 2.24) is 0 Å². The Morgan fingerprint density at radius 2 is 1.92 bits per heavy atom. The summed E-state index contributed by atoms with van der Waals surface area (Å²) in [6, 6.07) is 0. The van der Waals surface area contributed by atoms with E-state index in [1.165, 1.54) is 21.0 Å². The predicted molar refractivity (Wildman–Crippen MR) is 43.8 cm³/mol. The first-order valence-corrected chi connectivity index (χ1v) is 4.99. The Balaban J connectivity index is 4.54. The van der Waals surface area contributed by atoms with Crippen molar-refractivity contribution in [2.45, 2.75) is 13.8 Å². The summed E-state index contributed by atoms with van der Waals surface area (Å²) in [4.78, 5) is 11.0. The molecule has 72 valence electrons. The Hall–Kier alpha value is -0.620. The molecule has 0 fully saturated rings. The number of carbonyl (C=O) groups is 1. The Labute approximate surface area is 71.9 Å². The zero-order valence-electron chi connectivity index (χ0n) is 7.33. The number of esters is 1. The largest absolute Gasteiger partial charge is 0.469 e. The van der Waals surface area contributed by atoms with Crippen molar-refractivity contribution >= 4 is 16.0 Å². The van der Waals surface area contributed by atoms with Crippen molar-refractivity contribution in [3.8, 4) is 0 Å². The average molecular weight is 195 g/mol. The highest BCUT2D eigenvalue weighted by Crippen LogP contribution is 2.18. The molecule has 0 radical (unpaired) electrons. The van der Waals surface area contributed by atoms with Crippen LogP contribution in [0.2, 0.25) is 0 Å². The maximum absolute atomic E-state index is 11.0. The first-order valence-electron chi connectivity index (χ1n) is 3.28. The third-order valence-electron chi connectivity index (χ3n) is 1.30. The zero-order chi connectivity index (χ0) is 9.99. The monoisotopic (exact) mass is 195 g/mol. The van der Waals surface area contributed by atoms with Crippen LogP contribution in [0.15, 0.2) is 0 Å². The normalized spacial score (nSPS) is 12.7. The second-order valence-corrected chi connectivity index (χ2v) is 4.80. The van der Waals surface area contributed by atoms with Gasteiger partial charge in [-0.2, -0.15) is 0 Å². The van der Waals surface area contributed by atoms with Gasteiger partial charge in [-0.1, -0.05) is 0 Å². The Bertz CT molecular complexity index is 267. The number of ether oxygens (including phenoxy) is 1. The third kappa shape index (κ3) is 3.68. The van der Waals surface area contributed by atoms with Crippen molar-refractivity contribution < 1.29 is 17.9 Å². The van der Waals surface area contributed by atoms with Crippen LogP contribution in [-0.2, 0) is 19.6 Å². The molecule has 0 spiro atoms. The molecule has 2 N–H and O–H groups in total. The van der Waals surface area contributed by atoms with E-state index in [-0.39, 0.29) is 0 Å². The second-order valence-electron chi connectivity index (χ2n) is 3.18. The zero-order valence-corrected chi connectivity index (χ0v) is 8.14. The highest BCUT2D eigenvalue weighted by Gasteiger charge is 2.32. The summed E-state index contributed by atoms with van der Waals surface area (Å²) < 4.78 is 25.7. The van der Waals surface area contributed by atoms with Gasteiger partial charge in [0.15, 0.2) is 0 Å². The van der Waals surface area contributed by atoms with Crippen molar-refractivity contribution in [3.63, 3.8) is 0 Å². The van der Waals surface area contributed by atoms with Crippen LogP contribution >= 0.6 is 0 Å². The van der Waals surface area contributed by atoms with E-state index in [0.29, 0.717) is 0 Å². The van der Waals surface area contributed by atoms with Gasteiger partial charge < -0.3 is 4.74 Å². The minimum absolute atomic E-state index is 0.410. The first-order chi connectivity index (χ1) is 5.19. The van der Waals surface area contributed by atoms with E-state index < -0.39 is 27.2 Å². The lowest BCUT2D eigenvalue weighted by Gasteiger charge is -2.19. The lowest BCUT2D eigenvalue weighted by Crippen LogP contribution is -2.36. The standard InChI is InChI=1S/C6H13NO4S/c1-6(2,5(8)11-3)4-12(7,9)10/h4H2,1-3H3,(H2,7,9,10). The van der Waals surface area contributed by atoms with Gasteiger partial charge in [-0.05, 0) is 13.8 Å². The summed E-state index contributed by atoms with van der Waals surface area (Å²) in [6.45, 7) is 2.92. The second kappa shape index (κ2) is 3.40. The van der Waals surface area contributed by atoms with Crippen molar-refractivity contribution in [2.24, 2.45) is 10.6 Å². The van der Waals surface area contributed by atoms with E-state index in [0.717, 1.165) is 0 Å². The highest BCUT2D eigenvalue weighted by atomic mass is 32.2. The van der Waals surface area contributed by atoms with Gasteiger partial charge in [0.25, 0.3) is 0 Å². The molecule has 0 saturated carbocycles. The molecule has 0 aromatic rings. The molecule has 12 heavy (non-hydrogen) atoms. The smallest absolute Gasteiger partial charge is 0.312 e. The maximum Gasteiger partial charge on any atom is 0.312 e. The molecule has 0 aliphatic carbocycles. The summed E-state index contributed by atoms with van der Waals surface area (Å²) in [7, 11) is -2.44. The summed E-state index contributed by atoms with van der Waals surface area (Å²) in [5.74, 6) is -0.997. The van der Waals surface area contributed by atoms with Crippen LogP contribution in [0.3, 0.4) is 0 Å². The van der Waals surface area contributed by atoms with Crippen LogP contribution in [0.4, 0.5) is 0 Å². The van der Waals surface area contributed by atoms with E-state index in [2.05, 4.69) is 4.74 Å². The minimum atomic E-state index is -3.64. The lowest BCUT2D eigenvalue weighted by atomic mass is 9.97. The fraction of sp³-hybridized carbons (Fsp3) is 0.833. The molecule has 6 heteroatoms. The number of sulfonamides is 1. The highest BCUT2D eigenvalue weighted by molar-refractivity contribution is 7.89. The molecule has 0 heterocycles. The van der Waals surface area contributed by atoms with Crippen LogP contribution in [0, 0.1) is 5.41 Å². The number of hydrogen-bond acceptors (Lipinski definition) is 4. The Kier molecular flexibility index (Phi) is 3.23. The van der Waals surface area contributed by atoms with E-state index >= 15 is 0 Å². The number of carbonyl (C=O) groups excluding carboxylic acids is 1. The van der Waals surface area contributed by atoms with Crippen molar-refractivity contribution in [3.05, 3.63) is 0 Å². The minimum Gasteiger partial charge on any atom is -0.469 e. The molecule has 0 amide bonds. The maximum atomic E-state index is 11.0. The van der Waals surface area contributed by atoms with E-state index in [1.54, 1.807) is 0 Å². The molecular weight excluding hydrogens is 182 g/mol. The molecule has 0 saturated heterocycles. The Morgan fingerprint density at radius 1 is 1.50 bits per heavy atom. The lowest BCUT2D eigenvalue weighted by molar-refractivity contribution is -0.149. The molecule has 0 rings (SSSR count). The summed E-state index contributed by atoms with van der Waals surface area (Å²) in [6.07, 6.45) is 0. The number of hydrogen-bond donors (Lipinski definition) is 1. The summed E-state index contributed by atoms with van der Waals surface area (Å²) >= 11 is 0. The fourth-order valence-corrected chi connectivity index (χ4v) is 1.96. The third-order valence-corrected chi connectivity index (χ3v) is 2.42. The Morgan fingerprint density at radius 3 is 2.17 bits per heavy atom. The van der Waals surface area contributed by atoms with E-state index in [9.17, 15) is 13.2 Å². The van der Waals surface area contributed by atoms with Gasteiger partial charge in [0.05, 0.1) is 18.3 Å². The topological polar surface area (TPSA) is 86.5 Å². The number of rotatable bonds is 3. The van der Waals surface area contributed by atoms with Gasteiger partial charge in [-0.15, -0.1) is 0 Å². The fourth-order valence-electron chi connectivity index (χ4n) is 0.838. The number of primary sulfonamides is 1. The molecule has 0 aromatic carbocycles. The SMILES string of the molecule is COC(=O)C(C)(C)CS(N)(=O)=O. The summed E-state index contributed by atoms with van der Waals surface area (Å²) in [5, 5.41) is 4.78. The number of methoxy groups -OCH3 is 1.